The van der Waals surface area contributed by atoms with Crippen molar-refractivity contribution in [3.8, 4) is 34.5 Å². The molecule has 6 aromatic rings. The van der Waals surface area contributed by atoms with E-state index in [2.05, 4.69) is 27.7 Å². The minimum atomic E-state index is -3.77. The average molecular weight is 699 g/mol. The smallest absolute Gasteiger partial charge is 0.206 e. The summed E-state index contributed by atoms with van der Waals surface area (Å²) in [7, 11) is -3.77. The van der Waals surface area contributed by atoms with Crippen LogP contribution >= 0.6 is 0 Å². The summed E-state index contributed by atoms with van der Waals surface area (Å²) >= 11 is 0. The first kappa shape index (κ1) is 35.3. The van der Waals surface area contributed by atoms with E-state index in [1.54, 1.807) is 72.8 Å². The van der Waals surface area contributed by atoms with Gasteiger partial charge in [0.05, 0.1) is 9.79 Å². The van der Waals surface area contributed by atoms with Gasteiger partial charge in [-0.3, -0.25) is 0 Å². The van der Waals surface area contributed by atoms with E-state index in [4.69, 9.17) is 9.47 Å². The highest BCUT2D eigenvalue weighted by Gasteiger charge is 2.28. The maximum Gasteiger partial charge on any atom is 0.206 e. The van der Waals surface area contributed by atoms with Crippen LogP contribution in [-0.4, -0.2) is 18.6 Å². The lowest BCUT2D eigenvalue weighted by Crippen LogP contribution is -2.22. The summed E-state index contributed by atoms with van der Waals surface area (Å²) in [4.78, 5) is 0.323. The monoisotopic (exact) mass is 698 g/mol. The Hall–Kier alpha value is -5.53. The van der Waals surface area contributed by atoms with E-state index in [0.717, 1.165) is 35.1 Å². The molecule has 0 bridgehead atoms. The summed E-state index contributed by atoms with van der Waals surface area (Å²) in [6.45, 7) is 8.63. The molecule has 260 valence electrons. The van der Waals surface area contributed by atoms with Gasteiger partial charge in [-0.05, 0) is 132 Å². The van der Waals surface area contributed by atoms with Crippen molar-refractivity contribution in [2.45, 2.75) is 61.2 Å². The van der Waals surface area contributed by atoms with Gasteiger partial charge >= 0.3 is 0 Å². The number of aromatic hydroxyl groups is 2. The Bertz CT molecular complexity index is 2020. The Kier molecular flexibility index (Phi) is 9.95. The Balaban J connectivity index is 1.10. The second kappa shape index (κ2) is 14.4. The largest absolute Gasteiger partial charge is 0.508 e. The molecule has 51 heavy (non-hydrogen) atoms. The van der Waals surface area contributed by atoms with Crippen molar-refractivity contribution in [3.05, 3.63) is 168 Å². The van der Waals surface area contributed by atoms with E-state index in [0.29, 0.717) is 23.0 Å². The predicted octanol–water partition coefficient (Wildman–Crippen LogP) is 10.9. The molecule has 0 heterocycles. The zero-order valence-corrected chi connectivity index (χ0v) is 30.0. The van der Waals surface area contributed by atoms with E-state index in [9.17, 15) is 18.6 Å². The zero-order valence-electron chi connectivity index (χ0n) is 29.2. The van der Waals surface area contributed by atoms with Gasteiger partial charge in [0.2, 0.25) is 9.84 Å². The van der Waals surface area contributed by atoms with Crippen molar-refractivity contribution in [2.75, 3.05) is 0 Å². The summed E-state index contributed by atoms with van der Waals surface area (Å²) in [6, 6.07) is 43.2. The second-order valence-electron chi connectivity index (χ2n) is 13.2. The fourth-order valence-electron chi connectivity index (χ4n) is 6.37. The SMILES string of the molecule is CCC(C)(c1ccc(O)cc1)c1ccc(Oc2ccc(S(=O)(=O)c3ccc(Oc4ccc(C(C)(CC)c5ccc(O)cc5)cc4)cc3)cc2)cc1. The fourth-order valence-corrected chi connectivity index (χ4v) is 7.63. The first-order valence-corrected chi connectivity index (χ1v) is 18.5. The molecule has 6 nitrogen and oxygen atoms in total. The molecule has 2 unspecified atom stereocenters. The minimum Gasteiger partial charge on any atom is -0.508 e. The van der Waals surface area contributed by atoms with Crippen LogP contribution in [0.2, 0.25) is 0 Å². The first-order valence-electron chi connectivity index (χ1n) is 17.1. The number of phenols is 2. The molecule has 0 radical (unpaired) electrons. The van der Waals surface area contributed by atoms with Crippen LogP contribution in [0.1, 0.15) is 62.8 Å². The molecule has 7 heteroatoms. The molecular weight excluding hydrogens is 657 g/mol. The topological polar surface area (TPSA) is 93.1 Å². The number of rotatable bonds is 12. The van der Waals surface area contributed by atoms with E-state index >= 15 is 0 Å². The number of phenolic OH excluding ortho intramolecular Hbond substituents is 2. The molecule has 2 N–H and O–H groups in total. The van der Waals surface area contributed by atoms with E-state index < -0.39 is 9.84 Å². The van der Waals surface area contributed by atoms with Crippen molar-refractivity contribution in [1.82, 2.24) is 0 Å². The summed E-state index contributed by atoms with van der Waals surface area (Å²) in [5.41, 5.74) is 4.02. The molecule has 0 aliphatic heterocycles. The quantitative estimate of drug-likeness (QED) is 0.132. The van der Waals surface area contributed by atoms with Gasteiger partial charge in [0.1, 0.15) is 34.5 Å². The maximum atomic E-state index is 13.5. The van der Waals surface area contributed by atoms with Crippen LogP contribution in [0, 0.1) is 0 Å². The van der Waals surface area contributed by atoms with Crippen LogP contribution in [-0.2, 0) is 20.7 Å². The van der Waals surface area contributed by atoms with Crippen molar-refractivity contribution in [3.63, 3.8) is 0 Å². The van der Waals surface area contributed by atoms with E-state index in [1.165, 1.54) is 0 Å². The normalized spacial score (nSPS) is 13.9. The third kappa shape index (κ3) is 7.35. The number of benzene rings is 6. The zero-order chi connectivity index (χ0) is 36.2. The molecule has 0 spiro atoms. The number of hydrogen-bond donors (Lipinski definition) is 2. The average Bonchev–Trinajstić information content (AvgIpc) is 3.16. The Morgan fingerprint density at radius 1 is 0.431 bits per heavy atom. The van der Waals surface area contributed by atoms with Crippen molar-refractivity contribution in [1.29, 1.82) is 0 Å². The summed E-state index contributed by atoms with van der Waals surface area (Å²) in [5.74, 6) is 2.81. The molecule has 0 aromatic heterocycles. The van der Waals surface area contributed by atoms with Gasteiger partial charge in [-0.1, -0.05) is 76.2 Å². The predicted molar refractivity (Wildman–Crippen MR) is 201 cm³/mol. The van der Waals surface area contributed by atoms with Gasteiger partial charge in [0.15, 0.2) is 0 Å². The third-order valence-corrected chi connectivity index (χ3v) is 11.9. The highest BCUT2D eigenvalue weighted by atomic mass is 32.2. The van der Waals surface area contributed by atoms with Crippen molar-refractivity contribution >= 4 is 9.84 Å². The van der Waals surface area contributed by atoms with Gasteiger partial charge in [-0.15, -0.1) is 0 Å². The van der Waals surface area contributed by atoms with Crippen LogP contribution < -0.4 is 9.47 Å². The van der Waals surface area contributed by atoms with Gasteiger partial charge in [0, 0.05) is 10.8 Å². The van der Waals surface area contributed by atoms with Crippen molar-refractivity contribution < 1.29 is 28.1 Å². The van der Waals surface area contributed by atoms with Crippen LogP contribution in [0.25, 0.3) is 0 Å². The Labute approximate surface area is 300 Å². The third-order valence-electron chi connectivity index (χ3n) is 10.1. The lowest BCUT2D eigenvalue weighted by atomic mass is 9.74. The minimum absolute atomic E-state index is 0.162. The summed E-state index contributed by atoms with van der Waals surface area (Å²) in [6.07, 6.45) is 1.75. The fraction of sp³-hybridized carbons (Fsp3) is 0.182. The number of ether oxygens (including phenoxy) is 2. The molecule has 0 saturated heterocycles. The molecule has 6 aromatic carbocycles. The van der Waals surface area contributed by atoms with E-state index in [-0.39, 0.29) is 32.1 Å². The molecule has 0 fully saturated rings. The Morgan fingerprint density at radius 3 is 0.922 bits per heavy atom. The van der Waals surface area contributed by atoms with Crippen LogP contribution in [0.4, 0.5) is 0 Å². The summed E-state index contributed by atoms with van der Waals surface area (Å²) in [5, 5.41) is 19.4. The maximum absolute atomic E-state index is 13.5. The molecular formula is C44H42O6S. The number of sulfone groups is 1. The van der Waals surface area contributed by atoms with Crippen LogP contribution in [0.15, 0.2) is 155 Å². The van der Waals surface area contributed by atoms with Gasteiger partial charge in [-0.2, -0.15) is 0 Å². The molecule has 0 saturated carbocycles. The molecule has 2 atom stereocenters. The van der Waals surface area contributed by atoms with Crippen molar-refractivity contribution in [2.24, 2.45) is 0 Å². The first-order chi connectivity index (χ1) is 24.4. The standard InChI is InChI=1S/C44H42O6S/c1-5-43(3,31-7-15-35(45)16-8-31)33-11-19-37(20-12-33)49-39-23-27-41(28-24-39)51(47,48)42-29-25-40(26-30-42)50-38-21-13-34(14-22-38)44(4,6-2)32-9-17-36(46)18-10-32/h7-30,45-46H,5-6H2,1-4H3. The van der Waals surface area contributed by atoms with Gasteiger partial charge in [-0.25, -0.2) is 8.42 Å². The van der Waals surface area contributed by atoms with Crippen LogP contribution in [0.5, 0.6) is 34.5 Å². The Morgan fingerprint density at radius 2 is 0.667 bits per heavy atom. The highest BCUT2D eigenvalue weighted by molar-refractivity contribution is 7.91. The number of hydrogen-bond acceptors (Lipinski definition) is 6. The summed E-state index contributed by atoms with van der Waals surface area (Å²) < 4.78 is 39.0. The molecule has 0 amide bonds. The molecule has 0 aliphatic rings. The molecule has 6 rings (SSSR count). The lowest BCUT2D eigenvalue weighted by molar-refractivity contribution is 0.472. The highest BCUT2D eigenvalue weighted by Crippen LogP contribution is 2.39. The lowest BCUT2D eigenvalue weighted by Gasteiger charge is -2.30. The van der Waals surface area contributed by atoms with E-state index in [1.807, 2.05) is 72.8 Å². The molecule has 0 aliphatic carbocycles. The van der Waals surface area contributed by atoms with Gasteiger partial charge in [0.25, 0.3) is 0 Å². The second-order valence-corrected chi connectivity index (χ2v) is 15.1. The van der Waals surface area contributed by atoms with Crippen LogP contribution in [0.3, 0.4) is 0 Å². The van der Waals surface area contributed by atoms with Gasteiger partial charge < -0.3 is 19.7 Å².